The molecule has 3 aromatic rings. The van der Waals surface area contributed by atoms with Gasteiger partial charge in [-0.1, -0.05) is 12.1 Å². The second kappa shape index (κ2) is 7.11. The molecule has 1 heterocycles. The SMILES string of the molecule is COc1ccc(C=CC(=O)Oc2ccc3c4c(c(=O)oc3c2)CCC4)cc1. The molecule has 0 atom stereocenters. The number of benzene rings is 2. The Hall–Kier alpha value is -3.34. The number of ether oxygens (including phenoxy) is 2. The lowest BCUT2D eigenvalue weighted by molar-refractivity contribution is -0.128. The number of methoxy groups -OCH3 is 1. The molecule has 0 bridgehead atoms. The highest BCUT2D eigenvalue weighted by atomic mass is 16.5. The van der Waals surface area contributed by atoms with E-state index in [2.05, 4.69) is 0 Å². The number of carbonyl (C=O) groups excluding carboxylic acids is 1. The van der Waals surface area contributed by atoms with E-state index in [4.69, 9.17) is 13.9 Å². The predicted octanol–water partition coefficient (Wildman–Crippen LogP) is 3.91. The van der Waals surface area contributed by atoms with Gasteiger partial charge in [-0.2, -0.15) is 0 Å². The first kappa shape index (κ1) is 17.1. The minimum Gasteiger partial charge on any atom is -0.497 e. The summed E-state index contributed by atoms with van der Waals surface area (Å²) >= 11 is 0. The van der Waals surface area contributed by atoms with E-state index in [1.165, 1.54) is 6.08 Å². The van der Waals surface area contributed by atoms with Crippen molar-refractivity contribution in [1.82, 2.24) is 0 Å². The maximum Gasteiger partial charge on any atom is 0.339 e. The number of hydrogen-bond acceptors (Lipinski definition) is 5. The Bertz CT molecular complexity index is 1090. The van der Waals surface area contributed by atoms with Crippen molar-refractivity contribution in [3.8, 4) is 11.5 Å². The lowest BCUT2D eigenvalue weighted by Gasteiger charge is -2.06. The van der Waals surface area contributed by atoms with Crippen molar-refractivity contribution >= 4 is 23.0 Å². The van der Waals surface area contributed by atoms with Crippen molar-refractivity contribution in [1.29, 1.82) is 0 Å². The van der Waals surface area contributed by atoms with E-state index in [0.717, 1.165) is 47.1 Å². The third-order valence-electron chi connectivity index (χ3n) is 4.69. The molecule has 0 radical (unpaired) electrons. The van der Waals surface area contributed by atoms with Crippen LogP contribution in [0.4, 0.5) is 0 Å². The van der Waals surface area contributed by atoms with Crippen LogP contribution >= 0.6 is 0 Å². The minimum atomic E-state index is -0.506. The monoisotopic (exact) mass is 362 g/mol. The molecule has 0 N–H and O–H groups in total. The zero-order valence-corrected chi connectivity index (χ0v) is 14.9. The molecule has 0 unspecified atom stereocenters. The Morgan fingerprint density at radius 2 is 1.78 bits per heavy atom. The van der Waals surface area contributed by atoms with Crippen LogP contribution in [0.5, 0.6) is 11.5 Å². The largest absolute Gasteiger partial charge is 0.497 e. The summed E-state index contributed by atoms with van der Waals surface area (Å²) in [5.74, 6) is 0.584. The molecule has 0 spiro atoms. The number of carbonyl (C=O) groups is 1. The van der Waals surface area contributed by atoms with Gasteiger partial charge in [0, 0.05) is 23.1 Å². The summed E-state index contributed by atoms with van der Waals surface area (Å²) in [5.41, 5.74) is 2.84. The van der Waals surface area contributed by atoms with Crippen molar-refractivity contribution in [3.05, 3.63) is 75.7 Å². The maximum atomic E-state index is 12.1. The number of hydrogen-bond donors (Lipinski definition) is 0. The summed E-state index contributed by atoms with van der Waals surface area (Å²) in [6.45, 7) is 0. The van der Waals surface area contributed by atoms with Gasteiger partial charge in [0.25, 0.3) is 0 Å². The van der Waals surface area contributed by atoms with Gasteiger partial charge in [-0.25, -0.2) is 9.59 Å². The molecule has 1 aliphatic carbocycles. The third kappa shape index (κ3) is 3.49. The van der Waals surface area contributed by atoms with Gasteiger partial charge in [0.15, 0.2) is 0 Å². The summed E-state index contributed by atoms with van der Waals surface area (Å²) in [4.78, 5) is 24.1. The van der Waals surface area contributed by atoms with Crippen molar-refractivity contribution in [2.45, 2.75) is 19.3 Å². The number of esters is 1. The zero-order valence-electron chi connectivity index (χ0n) is 14.9. The Morgan fingerprint density at radius 3 is 2.56 bits per heavy atom. The molecular weight excluding hydrogens is 344 g/mol. The lowest BCUT2D eigenvalue weighted by Crippen LogP contribution is -2.07. The molecule has 2 aromatic carbocycles. The molecule has 4 rings (SSSR count). The van der Waals surface area contributed by atoms with Crippen molar-refractivity contribution < 1.29 is 18.7 Å². The van der Waals surface area contributed by atoms with Crippen molar-refractivity contribution in [2.24, 2.45) is 0 Å². The number of fused-ring (bicyclic) bond motifs is 3. The van der Waals surface area contributed by atoms with Crippen LogP contribution in [0.25, 0.3) is 17.0 Å². The lowest BCUT2D eigenvalue weighted by atomic mass is 10.1. The molecule has 0 aliphatic heterocycles. The van der Waals surface area contributed by atoms with Crippen LogP contribution in [-0.2, 0) is 17.6 Å². The molecule has 0 saturated carbocycles. The van der Waals surface area contributed by atoms with Gasteiger partial charge in [0.2, 0.25) is 0 Å². The van der Waals surface area contributed by atoms with Crippen LogP contribution in [0.2, 0.25) is 0 Å². The normalized spacial score (nSPS) is 13.1. The van der Waals surface area contributed by atoms with Gasteiger partial charge >= 0.3 is 11.6 Å². The van der Waals surface area contributed by atoms with E-state index in [1.807, 2.05) is 30.3 Å². The van der Waals surface area contributed by atoms with E-state index in [-0.39, 0.29) is 5.63 Å². The van der Waals surface area contributed by atoms with Crippen LogP contribution in [0.3, 0.4) is 0 Å². The number of rotatable bonds is 4. The average molecular weight is 362 g/mol. The molecule has 136 valence electrons. The third-order valence-corrected chi connectivity index (χ3v) is 4.69. The van der Waals surface area contributed by atoms with Crippen molar-refractivity contribution in [3.63, 3.8) is 0 Å². The molecule has 27 heavy (non-hydrogen) atoms. The van der Waals surface area contributed by atoms with E-state index in [1.54, 1.807) is 25.3 Å². The van der Waals surface area contributed by atoms with Gasteiger partial charge in [-0.3, -0.25) is 0 Å². The predicted molar refractivity (Wildman–Crippen MR) is 102 cm³/mol. The quantitative estimate of drug-likeness (QED) is 0.305. The topological polar surface area (TPSA) is 65.7 Å². The summed E-state index contributed by atoms with van der Waals surface area (Å²) in [5, 5.41) is 0.913. The fraction of sp³-hybridized carbons (Fsp3) is 0.182. The second-order valence-corrected chi connectivity index (χ2v) is 6.39. The van der Waals surface area contributed by atoms with Gasteiger partial charge in [-0.05, 0) is 60.7 Å². The average Bonchev–Trinajstić information content (AvgIpc) is 3.17. The molecule has 0 fully saturated rings. The van der Waals surface area contributed by atoms with E-state index in [9.17, 15) is 9.59 Å². The highest BCUT2D eigenvalue weighted by Gasteiger charge is 2.19. The van der Waals surface area contributed by atoms with Crippen LogP contribution in [0.1, 0.15) is 23.1 Å². The Morgan fingerprint density at radius 1 is 1.04 bits per heavy atom. The molecule has 5 heteroatoms. The highest BCUT2D eigenvalue weighted by Crippen LogP contribution is 2.29. The van der Waals surface area contributed by atoms with Crippen LogP contribution in [0.15, 0.2) is 57.8 Å². The van der Waals surface area contributed by atoms with E-state index >= 15 is 0 Å². The molecule has 5 nitrogen and oxygen atoms in total. The first-order chi connectivity index (χ1) is 13.1. The highest BCUT2D eigenvalue weighted by molar-refractivity contribution is 5.90. The van der Waals surface area contributed by atoms with Crippen LogP contribution in [0, 0.1) is 0 Å². The summed E-state index contributed by atoms with van der Waals surface area (Å²) in [6, 6.07) is 12.5. The fourth-order valence-corrected chi connectivity index (χ4v) is 3.36. The molecule has 0 saturated heterocycles. The maximum absolute atomic E-state index is 12.1. The molecule has 1 aliphatic rings. The van der Waals surface area contributed by atoms with E-state index in [0.29, 0.717) is 11.3 Å². The van der Waals surface area contributed by atoms with Crippen LogP contribution in [-0.4, -0.2) is 13.1 Å². The summed E-state index contributed by atoms with van der Waals surface area (Å²) in [6.07, 6.45) is 5.62. The molecule has 1 aromatic heterocycles. The fourth-order valence-electron chi connectivity index (χ4n) is 3.36. The molecule has 0 amide bonds. The summed E-state index contributed by atoms with van der Waals surface area (Å²) < 4.78 is 15.8. The van der Waals surface area contributed by atoms with E-state index < -0.39 is 5.97 Å². The van der Waals surface area contributed by atoms with Crippen LogP contribution < -0.4 is 15.1 Å². The Kier molecular flexibility index (Phi) is 4.50. The Labute approximate surface area is 155 Å². The van der Waals surface area contributed by atoms with Gasteiger partial charge in [0.05, 0.1) is 7.11 Å². The second-order valence-electron chi connectivity index (χ2n) is 6.39. The first-order valence-electron chi connectivity index (χ1n) is 8.76. The van der Waals surface area contributed by atoms with Gasteiger partial charge in [-0.15, -0.1) is 0 Å². The van der Waals surface area contributed by atoms with Crippen molar-refractivity contribution in [2.75, 3.05) is 7.11 Å². The first-order valence-corrected chi connectivity index (χ1v) is 8.76. The number of aryl methyl sites for hydroxylation is 1. The Balaban J connectivity index is 1.52. The molecular formula is C22H18O5. The standard InChI is InChI=1S/C22H18O5/c1-25-15-8-5-14(6-9-15)7-12-21(23)26-16-10-11-18-17-3-2-4-19(17)22(24)27-20(18)13-16/h5-13H,2-4H2,1H3. The zero-order chi connectivity index (χ0) is 18.8. The van der Waals surface area contributed by atoms with Gasteiger partial charge < -0.3 is 13.9 Å². The smallest absolute Gasteiger partial charge is 0.339 e. The van der Waals surface area contributed by atoms with Gasteiger partial charge in [0.1, 0.15) is 17.1 Å². The minimum absolute atomic E-state index is 0.294. The summed E-state index contributed by atoms with van der Waals surface area (Å²) in [7, 11) is 1.60.